The fourth-order valence-corrected chi connectivity index (χ4v) is 4.91. The summed E-state index contributed by atoms with van der Waals surface area (Å²) in [6.45, 7) is 2.89. The average Bonchev–Trinajstić information content (AvgIpc) is 2.82. The van der Waals surface area contributed by atoms with Crippen molar-refractivity contribution in [3.63, 3.8) is 0 Å². The number of nitrogens with zero attached hydrogens (tertiary/aromatic N) is 3. The number of piperidine rings is 1. The summed E-state index contributed by atoms with van der Waals surface area (Å²) in [5.41, 5.74) is 2.05. The molecule has 3 aromatic carbocycles. The van der Waals surface area contributed by atoms with Gasteiger partial charge in [0.25, 0.3) is 5.56 Å². The van der Waals surface area contributed by atoms with Gasteiger partial charge in [-0.25, -0.2) is 9.37 Å². The van der Waals surface area contributed by atoms with Crippen LogP contribution in [0.1, 0.15) is 24.8 Å². The van der Waals surface area contributed by atoms with E-state index in [9.17, 15) is 9.18 Å². The van der Waals surface area contributed by atoms with Gasteiger partial charge >= 0.3 is 0 Å². The lowest BCUT2D eigenvalue weighted by molar-refractivity contribution is 0.221. The first-order valence-electron chi connectivity index (χ1n) is 11.1. The smallest absolute Gasteiger partial charge is 0.266 e. The van der Waals surface area contributed by atoms with E-state index in [4.69, 9.17) is 39.8 Å². The van der Waals surface area contributed by atoms with Crippen LogP contribution in [0.2, 0.25) is 15.1 Å². The Bertz CT molecular complexity index is 1450. The van der Waals surface area contributed by atoms with Gasteiger partial charge in [-0.2, -0.15) is 0 Å². The topological polar surface area (TPSA) is 38.1 Å². The fraction of sp³-hybridized carbons (Fsp3) is 0.231. The largest absolute Gasteiger partial charge is 0.299 e. The molecule has 0 aliphatic carbocycles. The minimum atomic E-state index is -0.627. The second kappa shape index (κ2) is 9.67. The van der Waals surface area contributed by atoms with Crippen molar-refractivity contribution in [1.29, 1.82) is 0 Å². The van der Waals surface area contributed by atoms with Crippen molar-refractivity contribution in [3.05, 3.63) is 91.4 Å². The van der Waals surface area contributed by atoms with Gasteiger partial charge in [-0.05, 0) is 80.0 Å². The molecular weight excluding hydrogens is 496 g/mol. The Morgan fingerprint density at radius 3 is 2.41 bits per heavy atom. The third-order valence-electron chi connectivity index (χ3n) is 6.12. The van der Waals surface area contributed by atoms with Crippen molar-refractivity contribution in [2.75, 3.05) is 13.1 Å². The van der Waals surface area contributed by atoms with Gasteiger partial charge in [-0.15, -0.1) is 0 Å². The summed E-state index contributed by atoms with van der Waals surface area (Å²) in [7, 11) is 0. The summed E-state index contributed by atoms with van der Waals surface area (Å²) in [5.74, 6) is -0.315. The first kappa shape index (κ1) is 23.3. The maximum Gasteiger partial charge on any atom is 0.266 e. The van der Waals surface area contributed by atoms with E-state index < -0.39 is 5.82 Å². The monoisotopic (exact) mass is 515 g/mol. The Kier molecular flexibility index (Phi) is 6.63. The molecule has 0 bridgehead atoms. The number of halogens is 4. The summed E-state index contributed by atoms with van der Waals surface area (Å²) < 4.78 is 15.8. The average molecular weight is 517 g/mol. The van der Waals surface area contributed by atoms with E-state index in [-0.39, 0.29) is 10.6 Å². The minimum Gasteiger partial charge on any atom is -0.299 e. The fourth-order valence-electron chi connectivity index (χ4n) is 4.42. The van der Waals surface area contributed by atoms with Gasteiger partial charge < -0.3 is 0 Å². The molecule has 0 atom stereocenters. The first-order valence-corrected chi connectivity index (χ1v) is 12.2. The van der Waals surface area contributed by atoms with E-state index in [1.165, 1.54) is 36.0 Å². The molecule has 4 nitrogen and oxygen atoms in total. The maximum atomic E-state index is 14.4. The lowest BCUT2D eigenvalue weighted by atomic mass is 10.1. The van der Waals surface area contributed by atoms with Crippen molar-refractivity contribution in [1.82, 2.24) is 14.5 Å². The molecule has 0 radical (unpaired) electrons. The van der Waals surface area contributed by atoms with Crippen LogP contribution in [0.15, 0.2) is 59.4 Å². The van der Waals surface area contributed by atoms with Crippen LogP contribution >= 0.6 is 34.8 Å². The Balaban J connectivity index is 1.73. The van der Waals surface area contributed by atoms with Gasteiger partial charge in [0, 0.05) is 17.1 Å². The van der Waals surface area contributed by atoms with Crippen LogP contribution in [-0.4, -0.2) is 27.5 Å². The lowest BCUT2D eigenvalue weighted by Crippen LogP contribution is -2.29. The summed E-state index contributed by atoms with van der Waals surface area (Å²) in [5, 5.41) is 1.24. The van der Waals surface area contributed by atoms with Crippen LogP contribution in [0.3, 0.4) is 0 Å². The number of benzene rings is 3. The van der Waals surface area contributed by atoms with Crippen LogP contribution in [0.5, 0.6) is 0 Å². The number of fused-ring (bicyclic) bond motifs is 1. The molecule has 2 heterocycles. The van der Waals surface area contributed by atoms with E-state index in [0.29, 0.717) is 38.0 Å². The highest BCUT2D eigenvalue weighted by molar-refractivity contribution is 6.33. The minimum absolute atomic E-state index is 0.0274. The Morgan fingerprint density at radius 1 is 0.882 bits per heavy atom. The molecule has 1 aliphatic rings. The van der Waals surface area contributed by atoms with Crippen molar-refractivity contribution in [2.24, 2.45) is 0 Å². The molecule has 1 fully saturated rings. The van der Waals surface area contributed by atoms with Gasteiger partial charge in [0.15, 0.2) is 0 Å². The van der Waals surface area contributed by atoms with Gasteiger partial charge in [0.1, 0.15) is 11.6 Å². The number of hydrogen-bond donors (Lipinski definition) is 0. The molecule has 4 aromatic rings. The van der Waals surface area contributed by atoms with E-state index in [1.54, 1.807) is 24.3 Å². The van der Waals surface area contributed by atoms with Gasteiger partial charge in [-0.3, -0.25) is 14.3 Å². The molecule has 0 spiro atoms. The predicted molar refractivity (Wildman–Crippen MR) is 137 cm³/mol. The highest BCUT2D eigenvalue weighted by Gasteiger charge is 2.19. The van der Waals surface area contributed by atoms with E-state index in [0.717, 1.165) is 25.2 Å². The van der Waals surface area contributed by atoms with E-state index in [2.05, 4.69) is 4.90 Å². The highest BCUT2D eigenvalue weighted by Crippen LogP contribution is 2.31. The second-order valence-corrected chi connectivity index (χ2v) is 9.74. The number of likely N-dealkylation sites (tertiary alicyclic amines) is 1. The quantitative estimate of drug-likeness (QED) is 0.289. The van der Waals surface area contributed by atoms with Crippen LogP contribution in [0, 0.1) is 5.82 Å². The lowest BCUT2D eigenvalue weighted by Gasteiger charge is -2.26. The summed E-state index contributed by atoms with van der Waals surface area (Å²) in [4.78, 5) is 20.8. The van der Waals surface area contributed by atoms with Crippen LogP contribution in [0.4, 0.5) is 4.39 Å². The Morgan fingerprint density at radius 2 is 1.65 bits per heavy atom. The molecule has 5 rings (SSSR count). The maximum absolute atomic E-state index is 14.4. The second-order valence-electron chi connectivity index (χ2n) is 8.49. The van der Waals surface area contributed by atoms with Crippen molar-refractivity contribution in [2.45, 2.75) is 25.8 Å². The molecule has 1 saturated heterocycles. The molecule has 0 saturated carbocycles. The predicted octanol–water partition coefficient (Wildman–Crippen LogP) is 7.14. The third-order valence-corrected chi connectivity index (χ3v) is 6.99. The normalized spacial score (nSPS) is 14.6. The summed E-state index contributed by atoms with van der Waals surface area (Å²) >= 11 is 18.7. The van der Waals surface area contributed by atoms with Crippen LogP contribution in [-0.2, 0) is 6.54 Å². The standard InChI is InChI=1S/C26H21Cl3FN3O/c27-17-5-7-19-24(13-17)31-25(33(26(19)34)18-6-9-22(29)23(30)14-18)20-12-16(4-8-21(20)28)15-32-10-2-1-3-11-32/h4-9,12-14H,1-3,10-11,15H2. The molecular formula is C26H21Cl3FN3O. The zero-order valence-corrected chi connectivity index (χ0v) is 20.5. The number of rotatable bonds is 4. The Labute approximate surface area is 211 Å². The van der Waals surface area contributed by atoms with E-state index >= 15 is 0 Å². The van der Waals surface area contributed by atoms with Gasteiger partial charge in [0.2, 0.25) is 0 Å². The molecule has 174 valence electrons. The molecule has 1 aliphatic heterocycles. The van der Waals surface area contributed by atoms with E-state index in [1.807, 2.05) is 18.2 Å². The zero-order chi connectivity index (χ0) is 23.8. The molecule has 34 heavy (non-hydrogen) atoms. The molecule has 1 aromatic heterocycles. The van der Waals surface area contributed by atoms with Crippen LogP contribution in [0.25, 0.3) is 28.0 Å². The summed E-state index contributed by atoms with van der Waals surface area (Å²) in [6.07, 6.45) is 3.64. The third kappa shape index (κ3) is 4.58. The first-order chi connectivity index (χ1) is 16.4. The number of aromatic nitrogens is 2. The molecule has 0 amide bonds. The highest BCUT2D eigenvalue weighted by atomic mass is 35.5. The SMILES string of the molecule is O=c1c2ccc(Cl)cc2nc(-c2cc(CN3CCCCC3)ccc2Cl)n1-c1ccc(Cl)c(F)c1. The van der Waals surface area contributed by atoms with Gasteiger partial charge in [-0.1, -0.05) is 47.3 Å². The number of hydrogen-bond acceptors (Lipinski definition) is 3. The Hall–Kier alpha value is -2.44. The summed E-state index contributed by atoms with van der Waals surface area (Å²) in [6, 6.07) is 14.9. The molecule has 8 heteroatoms. The molecule has 0 N–H and O–H groups in total. The van der Waals surface area contributed by atoms with Crippen molar-refractivity contribution < 1.29 is 4.39 Å². The van der Waals surface area contributed by atoms with Crippen LogP contribution < -0.4 is 5.56 Å². The van der Waals surface area contributed by atoms with Crippen molar-refractivity contribution >= 4 is 45.7 Å². The van der Waals surface area contributed by atoms with Gasteiger partial charge in [0.05, 0.1) is 26.6 Å². The van der Waals surface area contributed by atoms with Crippen molar-refractivity contribution in [3.8, 4) is 17.1 Å². The zero-order valence-electron chi connectivity index (χ0n) is 18.2. The molecule has 0 unspecified atom stereocenters.